The van der Waals surface area contributed by atoms with E-state index in [1.54, 1.807) is 13.1 Å². The first-order valence-electron chi connectivity index (χ1n) is 5.84. The molecule has 0 atom stereocenters. The molecule has 1 aromatic heterocycles. The van der Waals surface area contributed by atoms with Gasteiger partial charge in [-0.15, -0.1) is 0 Å². The van der Waals surface area contributed by atoms with Gasteiger partial charge in [0.25, 0.3) is 0 Å². The number of aliphatic hydroxyl groups excluding tert-OH is 1. The zero-order valence-corrected chi connectivity index (χ0v) is 11.7. The Kier molecular flexibility index (Phi) is 3.73. The predicted molar refractivity (Wildman–Crippen MR) is 71.2 cm³/mol. The molecular formula is C13H16N2O3S. The summed E-state index contributed by atoms with van der Waals surface area (Å²) in [4.78, 5) is 3.90. The number of imidazole rings is 1. The highest BCUT2D eigenvalue weighted by Crippen LogP contribution is 2.18. The van der Waals surface area contributed by atoms with Gasteiger partial charge >= 0.3 is 0 Å². The van der Waals surface area contributed by atoms with Crippen molar-refractivity contribution >= 4 is 9.84 Å². The van der Waals surface area contributed by atoms with E-state index >= 15 is 0 Å². The molecule has 0 amide bonds. The van der Waals surface area contributed by atoms with E-state index in [-0.39, 0.29) is 17.5 Å². The number of aromatic nitrogens is 2. The van der Waals surface area contributed by atoms with Gasteiger partial charge in [-0.25, -0.2) is 13.4 Å². The smallest absolute Gasteiger partial charge is 0.227 e. The van der Waals surface area contributed by atoms with Crippen molar-refractivity contribution in [3.05, 3.63) is 47.3 Å². The lowest BCUT2D eigenvalue weighted by Gasteiger charge is -2.08. The molecule has 0 aliphatic carbocycles. The summed E-state index contributed by atoms with van der Waals surface area (Å²) in [5, 5.41) is 9.06. The molecule has 6 heteroatoms. The van der Waals surface area contributed by atoms with Crippen LogP contribution < -0.4 is 0 Å². The Labute approximate surface area is 112 Å². The number of hydrogen-bond donors (Lipinski definition) is 1. The average molecular weight is 280 g/mol. The molecule has 5 nitrogen and oxygen atoms in total. The van der Waals surface area contributed by atoms with Gasteiger partial charge in [0.15, 0.2) is 0 Å². The maximum atomic E-state index is 12.3. The minimum atomic E-state index is -3.52. The highest BCUT2D eigenvalue weighted by atomic mass is 32.2. The van der Waals surface area contributed by atoms with Crippen LogP contribution in [0.3, 0.4) is 0 Å². The van der Waals surface area contributed by atoms with Gasteiger partial charge in [-0.2, -0.15) is 0 Å². The van der Waals surface area contributed by atoms with Crippen molar-refractivity contribution in [1.82, 2.24) is 9.55 Å². The van der Waals surface area contributed by atoms with Gasteiger partial charge < -0.3 is 9.67 Å². The fraction of sp³-hybridized carbons (Fsp3) is 0.308. The maximum Gasteiger partial charge on any atom is 0.227 e. The van der Waals surface area contributed by atoms with Gasteiger partial charge in [-0.1, -0.05) is 24.3 Å². The molecule has 0 radical (unpaired) electrons. The third-order valence-corrected chi connectivity index (χ3v) is 4.72. The lowest BCUT2D eigenvalue weighted by molar-refractivity contribution is 0.271. The molecule has 0 saturated heterocycles. The Morgan fingerprint density at radius 1 is 1.32 bits per heavy atom. The van der Waals surface area contributed by atoms with Crippen molar-refractivity contribution in [2.24, 2.45) is 7.05 Å². The Morgan fingerprint density at radius 3 is 2.58 bits per heavy atom. The number of benzene rings is 1. The second-order valence-electron chi connectivity index (χ2n) is 4.43. The van der Waals surface area contributed by atoms with Crippen molar-refractivity contribution < 1.29 is 13.5 Å². The first-order chi connectivity index (χ1) is 8.95. The standard InChI is InChI=1S/C13H16N2O3S/c1-10-5-3-4-6-11(10)9-19(17,18)13-14-7-12(8-16)15(13)2/h3-7,16H,8-9H2,1-2H3. The van der Waals surface area contributed by atoms with Crippen molar-refractivity contribution in [2.45, 2.75) is 24.4 Å². The molecule has 2 aromatic rings. The van der Waals surface area contributed by atoms with Gasteiger partial charge in [0, 0.05) is 7.05 Å². The summed E-state index contributed by atoms with van der Waals surface area (Å²) in [6.07, 6.45) is 1.38. The topological polar surface area (TPSA) is 72.2 Å². The number of nitrogens with zero attached hydrogens (tertiary/aromatic N) is 2. The van der Waals surface area contributed by atoms with E-state index in [1.165, 1.54) is 10.8 Å². The van der Waals surface area contributed by atoms with Gasteiger partial charge in [-0.05, 0) is 18.1 Å². The average Bonchev–Trinajstić information content (AvgIpc) is 2.74. The molecule has 0 unspecified atom stereocenters. The van der Waals surface area contributed by atoms with Gasteiger partial charge in [0.2, 0.25) is 15.0 Å². The number of sulfone groups is 1. The van der Waals surface area contributed by atoms with E-state index in [0.717, 1.165) is 11.1 Å². The quantitative estimate of drug-likeness (QED) is 0.913. The Bertz CT molecular complexity index is 690. The van der Waals surface area contributed by atoms with E-state index in [1.807, 2.05) is 25.1 Å². The second-order valence-corrected chi connectivity index (χ2v) is 6.32. The summed E-state index contributed by atoms with van der Waals surface area (Å²) < 4.78 is 26.1. The van der Waals surface area contributed by atoms with E-state index in [0.29, 0.717) is 5.69 Å². The van der Waals surface area contributed by atoms with Crippen LogP contribution in [0.25, 0.3) is 0 Å². The zero-order chi connectivity index (χ0) is 14.0. The molecule has 0 fully saturated rings. The van der Waals surface area contributed by atoms with Crippen molar-refractivity contribution in [3.8, 4) is 0 Å². The zero-order valence-electron chi connectivity index (χ0n) is 10.9. The molecule has 0 aliphatic heterocycles. The van der Waals surface area contributed by atoms with Gasteiger partial charge in [0.1, 0.15) is 0 Å². The van der Waals surface area contributed by atoms with Gasteiger partial charge in [0.05, 0.1) is 24.3 Å². The molecule has 1 N–H and O–H groups in total. The number of aryl methyl sites for hydroxylation is 1. The summed E-state index contributed by atoms with van der Waals surface area (Å²) in [6, 6.07) is 7.36. The number of hydrogen-bond acceptors (Lipinski definition) is 4. The summed E-state index contributed by atoms with van der Waals surface area (Å²) >= 11 is 0. The minimum absolute atomic E-state index is 0.0141. The molecule has 19 heavy (non-hydrogen) atoms. The molecule has 1 heterocycles. The van der Waals surface area contributed by atoms with E-state index in [2.05, 4.69) is 4.98 Å². The van der Waals surface area contributed by atoms with Crippen LogP contribution in [0, 0.1) is 6.92 Å². The Hall–Kier alpha value is -1.66. The predicted octanol–water partition coefficient (Wildman–Crippen LogP) is 1.19. The first kappa shape index (κ1) is 13.8. The molecule has 102 valence electrons. The van der Waals surface area contributed by atoms with E-state index in [9.17, 15) is 8.42 Å². The van der Waals surface area contributed by atoms with Crippen molar-refractivity contribution in [3.63, 3.8) is 0 Å². The summed E-state index contributed by atoms with van der Waals surface area (Å²) in [7, 11) is -1.93. The highest BCUT2D eigenvalue weighted by molar-refractivity contribution is 7.90. The lowest BCUT2D eigenvalue weighted by Crippen LogP contribution is -2.12. The normalized spacial score (nSPS) is 11.7. The number of rotatable bonds is 4. The van der Waals surface area contributed by atoms with Crippen LogP contribution >= 0.6 is 0 Å². The first-order valence-corrected chi connectivity index (χ1v) is 7.49. The Balaban J connectivity index is 2.38. The molecule has 1 aromatic carbocycles. The monoisotopic (exact) mass is 280 g/mol. The summed E-state index contributed by atoms with van der Waals surface area (Å²) in [5.41, 5.74) is 2.17. The summed E-state index contributed by atoms with van der Waals surface area (Å²) in [5.74, 6) is -0.0879. The van der Waals surface area contributed by atoms with E-state index < -0.39 is 9.84 Å². The fourth-order valence-electron chi connectivity index (χ4n) is 1.90. The van der Waals surface area contributed by atoms with Crippen LogP contribution in [0.1, 0.15) is 16.8 Å². The lowest BCUT2D eigenvalue weighted by atomic mass is 10.1. The minimum Gasteiger partial charge on any atom is -0.390 e. The molecule has 0 bridgehead atoms. The Morgan fingerprint density at radius 2 is 2.00 bits per heavy atom. The van der Waals surface area contributed by atoms with Crippen LogP contribution in [0.5, 0.6) is 0 Å². The molecule has 0 saturated carbocycles. The highest BCUT2D eigenvalue weighted by Gasteiger charge is 2.22. The largest absolute Gasteiger partial charge is 0.390 e. The molecule has 2 rings (SSSR count). The molecular weight excluding hydrogens is 264 g/mol. The third kappa shape index (κ3) is 2.69. The van der Waals surface area contributed by atoms with Crippen molar-refractivity contribution in [1.29, 1.82) is 0 Å². The third-order valence-electron chi connectivity index (χ3n) is 3.09. The van der Waals surface area contributed by atoms with Crippen LogP contribution in [0.4, 0.5) is 0 Å². The molecule has 0 aliphatic rings. The van der Waals surface area contributed by atoms with Crippen LogP contribution in [0.15, 0.2) is 35.6 Å². The van der Waals surface area contributed by atoms with Crippen LogP contribution in [-0.4, -0.2) is 23.1 Å². The van der Waals surface area contributed by atoms with Crippen molar-refractivity contribution in [2.75, 3.05) is 0 Å². The van der Waals surface area contributed by atoms with E-state index in [4.69, 9.17) is 5.11 Å². The van der Waals surface area contributed by atoms with Crippen LogP contribution in [0.2, 0.25) is 0 Å². The number of aliphatic hydroxyl groups is 1. The second kappa shape index (κ2) is 5.14. The maximum absolute atomic E-state index is 12.3. The SMILES string of the molecule is Cc1ccccc1CS(=O)(=O)c1ncc(CO)n1C. The summed E-state index contributed by atoms with van der Waals surface area (Å²) in [6.45, 7) is 1.64. The molecule has 0 spiro atoms. The van der Waals surface area contributed by atoms with Gasteiger partial charge in [-0.3, -0.25) is 0 Å². The van der Waals surface area contributed by atoms with Crippen LogP contribution in [-0.2, 0) is 29.2 Å². The fourth-order valence-corrected chi connectivity index (χ4v) is 3.51.